The Morgan fingerprint density at radius 1 is 1.54 bits per heavy atom. The van der Waals surface area contributed by atoms with Gasteiger partial charge in [-0.05, 0) is 53.7 Å². The van der Waals surface area contributed by atoms with Crippen LogP contribution in [0.1, 0.15) is 24.6 Å². The van der Waals surface area contributed by atoms with Crippen LogP contribution in [0.15, 0.2) is 20.9 Å². The number of hydrogen-bond acceptors (Lipinski definition) is 4. The van der Waals surface area contributed by atoms with Gasteiger partial charge in [-0.1, -0.05) is 0 Å². The second kappa shape index (κ2) is 9.27. The SMILES string of the molecule is CCOC(=O)NC(CNC(=NC)N(C)Cc1ccc(Br)s1)C1CC1. The quantitative estimate of drug-likeness (QED) is 0.529. The van der Waals surface area contributed by atoms with Crippen molar-refractivity contribution >= 4 is 39.3 Å². The predicted molar refractivity (Wildman–Crippen MR) is 102 cm³/mol. The fourth-order valence-electron chi connectivity index (χ4n) is 2.49. The molecule has 1 aromatic rings. The molecule has 0 aliphatic heterocycles. The lowest BCUT2D eigenvalue weighted by atomic mass is 10.2. The third-order valence-electron chi connectivity index (χ3n) is 3.85. The van der Waals surface area contributed by atoms with Crippen molar-refractivity contribution in [3.63, 3.8) is 0 Å². The zero-order valence-corrected chi connectivity index (χ0v) is 16.7. The number of alkyl carbamates (subject to hydrolysis) is 1. The van der Waals surface area contributed by atoms with E-state index in [-0.39, 0.29) is 12.1 Å². The number of hydrogen-bond donors (Lipinski definition) is 2. The molecule has 1 fully saturated rings. The summed E-state index contributed by atoms with van der Waals surface area (Å²) in [4.78, 5) is 19.3. The Bertz CT molecular complexity index is 574. The predicted octanol–water partition coefficient (Wildman–Crippen LogP) is 3.04. The highest BCUT2D eigenvalue weighted by Gasteiger charge is 2.32. The van der Waals surface area contributed by atoms with Crippen molar-refractivity contribution in [3.05, 3.63) is 20.8 Å². The number of nitrogens with zero attached hydrogens (tertiary/aromatic N) is 2. The molecule has 134 valence electrons. The van der Waals surface area contributed by atoms with Gasteiger partial charge in [0.2, 0.25) is 0 Å². The smallest absolute Gasteiger partial charge is 0.407 e. The number of amides is 1. The van der Waals surface area contributed by atoms with E-state index in [9.17, 15) is 4.79 Å². The maximum Gasteiger partial charge on any atom is 0.407 e. The first kappa shape index (κ1) is 19.1. The van der Waals surface area contributed by atoms with Gasteiger partial charge in [0.25, 0.3) is 0 Å². The molecule has 0 saturated heterocycles. The van der Waals surface area contributed by atoms with Crippen LogP contribution in [-0.4, -0.2) is 50.2 Å². The van der Waals surface area contributed by atoms with E-state index in [0.717, 1.165) is 29.1 Å². The molecule has 0 bridgehead atoms. The van der Waals surface area contributed by atoms with Crippen molar-refractivity contribution in [2.75, 3.05) is 27.2 Å². The van der Waals surface area contributed by atoms with Crippen LogP contribution >= 0.6 is 27.3 Å². The number of halogens is 1. The molecule has 2 N–H and O–H groups in total. The van der Waals surface area contributed by atoms with Crippen LogP contribution < -0.4 is 10.6 Å². The average molecular weight is 417 g/mol. The molecule has 6 nitrogen and oxygen atoms in total. The molecule has 1 amide bonds. The number of aliphatic imine (C=N–C) groups is 1. The third-order valence-corrected chi connectivity index (χ3v) is 5.45. The standard InChI is InChI=1S/C16H25BrN4O2S/c1-4-23-16(22)20-13(11-5-6-11)9-19-15(18-2)21(3)10-12-7-8-14(17)24-12/h7-8,11,13H,4-6,9-10H2,1-3H3,(H,18,19)(H,20,22). The number of guanidine groups is 1. The van der Waals surface area contributed by atoms with Crippen LogP contribution in [0.3, 0.4) is 0 Å². The minimum Gasteiger partial charge on any atom is -0.450 e. The summed E-state index contributed by atoms with van der Waals surface area (Å²) >= 11 is 5.20. The van der Waals surface area contributed by atoms with E-state index in [1.165, 1.54) is 4.88 Å². The first-order chi connectivity index (χ1) is 11.5. The van der Waals surface area contributed by atoms with E-state index in [2.05, 4.69) is 48.6 Å². The Morgan fingerprint density at radius 3 is 2.83 bits per heavy atom. The van der Waals surface area contributed by atoms with Crippen molar-refractivity contribution in [3.8, 4) is 0 Å². The Balaban J connectivity index is 1.85. The minimum absolute atomic E-state index is 0.0742. The number of thiophene rings is 1. The van der Waals surface area contributed by atoms with Gasteiger partial charge >= 0.3 is 6.09 Å². The highest BCUT2D eigenvalue weighted by Crippen LogP contribution is 2.32. The van der Waals surface area contributed by atoms with Crippen LogP contribution in [0.5, 0.6) is 0 Å². The van der Waals surface area contributed by atoms with Gasteiger partial charge in [0.1, 0.15) is 0 Å². The molecule has 1 saturated carbocycles. The maximum absolute atomic E-state index is 11.7. The topological polar surface area (TPSA) is 66.0 Å². The molecule has 1 unspecified atom stereocenters. The molecule has 1 aromatic heterocycles. The lowest BCUT2D eigenvalue weighted by Crippen LogP contribution is -2.48. The van der Waals surface area contributed by atoms with E-state index >= 15 is 0 Å². The number of ether oxygens (including phenoxy) is 1. The molecule has 0 aromatic carbocycles. The van der Waals surface area contributed by atoms with Crippen molar-refractivity contribution in [2.24, 2.45) is 10.9 Å². The first-order valence-electron chi connectivity index (χ1n) is 8.12. The van der Waals surface area contributed by atoms with Crippen LogP contribution in [0, 0.1) is 5.92 Å². The molecule has 24 heavy (non-hydrogen) atoms. The van der Waals surface area contributed by atoms with Gasteiger partial charge < -0.3 is 20.3 Å². The van der Waals surface area contributed by atoms with Gasteiger partial charge in [0.15, 0.2) is 5.96 Å². The van der Waals surface area contributed by atoms with Crippen molar-refractivity contribution in [1.82, 2.24) is 15.5 Å². The molecule has 0 spiro atoms. The summed E-state index contributed by atoms with van der Waals surface area (Å²) in [5.74, 6) is 1.34. The largest absolute Gasteiger partial charge is 0.450 e. The van der Waals surface area contributed by atoms with Crippen LogP contribution in [-0.2, 0) is 11.3 Å². The second-order valence-corrected chi connectivity index (χ2v) is 8.35. The fourth-order valence-corrected chi connectivity index (χ4v) is 4.03. The fraction of sp³-hybridized carbons (Fsp3) is 0.625. The van der Waals surface area contributed by atoms with Crippen molar-refractivity contribution in [2.45, 2.75) is 32.4 Å². The molecular formula is C16H25BrN4O2S. The lowest BCUT2D eigenvalue weighted by Gasteiger charge is -2.24. The van der Waals surface area contributed by atoms with E-state index in [1.807, 2.05) is 14.0 Å². The highest BCUT2D eigenvalue weighted by molar-refractivity contribution is 9.11. The van der Waals surface area contributed by atoms with E-state index in [4.69, 9.17) is 4.74 Å². The monoisotopic (exact) mass is 416 g/mol. The van der Waals surface area contributed by atoms with Gasteiger partial charge in [0, 0.05) is 25.5 Å². The summed E-state index contributed by atoms with van der Waals surface area (Å²) in [5, 5.41) is 6.31. The molecule has 1 aliphatic rings. The molecule has 1 atom stereocenters. The normalized spacial score (nSPS) is 15.8. The lowest BCUT2D eigenvalue weighted by molar-refractivity contribution is 0.146. The molecule has 0 radical (unpaired) electrons. The van der Waals surface area contributed by atoms with E-state index in [0.29, 0.717) is 19.1 Å². The van der Waals surface area contributed by atoms with Gasteiger partial charge in [-0.25, -0.2) is 4.79 Å². The van der Waals surface area contributed by atoms with Crippen LogP contribution in [0.25, 0.3) is 0 Å². The highest BCUT2D eigenvalue weighted by atomic mass is 79.9. The number of nitrogens with one attached hydrogen (secondary N) is 2. The van der Waals surface area contributed by atoms with Gasteiger partial charge in [0.05, 0.1) is 23.0 Å². The Kier molecular flexibility index (Phi) is 7.36. The summed E-state index contributed by atoms with van der Waals surface area (Å²) < 4.78 is 6.12. The Labute approximate surface area is 155 Å². The number of carbonyl (C=O) groups is 1. The summed E-state index contributed by atoms with van der Waals surface area (Å²) in [6.07, 6.45) is 1.95. The van der Waals surface area contributed by atoms with Crippen LogP contribution in [0.4, 0.5) is 4.79 Å². The summed E-state index contributed by atoms with van der Waals surface area (Å²) in [6, 6.07) is 4.23. The zero-order chi connectivity index (χ0) is 17.5. The van der Waals surface area contributed by atoms with Crippen molar-refractivity contribution in [1.29, 1.82) is 0 Å². The molecule has 8 heteroatoms. The van der Waals surface area contributed by atoms with Gasteiger partial charge in [-0.3, -0.25) is 4.99 Å². The first-order valence-corrected chi connectivity index (χ1v) is 9.73. The molecule has 1 aliphatic carbocycles. The van der Waals surface area contributed by atoms with Gasteiger partial charge in [-0.15, -0.1) is 11.3 Å². The maximum atomic E-state index is 11.7. The number of rotatable bonds is 7. The molecule has 1 heterocycles. The zero-order valence-electron chi connectivity index (χ0n) is 14.3. The number of carbonyl (C=O) groups excluding carboxylic acids is 1. The Morgan fingerprint density at radius 2 is 2.29 bits per heavy atom. The molecule has 2 rings (SSSR count). The minimum atomic E-state index is -0.344. The third kappa shape index (κ3) is 5.98. The summed E-state index contributed by atoms with van der Waals surface area (Å²) in [6.45, 7) is 3.63. The van der Waals surface area contributed by atoms with E-state index < -0.39 is 0 Å². The summed E-state index contributed by atoms with van der Waals surface area (Å²) in [7, 11) is 3.78. The Hall–Kier alpha value is -1.28. The van der Waals surface area contributed by atoms with Crippen molar-refractivity contribution < 1.29 is 9.53 Å². The summed E-state index contributed by atoms with van der Waals surface area (Å²) in [5.41, 5.74) is 0. The second-order valence-electron chi connectivity index (χ2n) is 5.80. The van der Waals surface area contributed by atoms with Gasteiger partial charge in [-0.2, -0.15) is 0 Å². The molecular weight excluding hydrogens is 392 g/mol. The van der Waals surface area contributed by atoms with Crippen LogP contribution in [0.2, 0.25) is 0 Å². The average Bonchev–Trinajstić information content (AvgIpc) is 3.30. The van der Waals surface area contributed by atoms with E-state index in [1.54, 1.807) is 18.4 Å².